The summed E-state index contributed by atoms with van der Waals surface area (Å²) in [5, 5.41) is 4.49. The summed E-state index contributed by atoms with van der Waals surface area (Å²) < 4.78 is 0. The van der Waals surface area contributed by atoms with Crippen molar-refractivity contribution in [2.24, 2.45) is 0 Å². The summed E-state index contributed by atoms with van der Waals surface area (Å²) >= 11 is 1.74. The van der Waals surface area contributed by atoms with Gasteiger partial charge in [-0.25, -0.2) is 9.97 Å². The molecule has 0 saturated heterocycles. The van der Waals surface area contributed by atoms with E-state index in [0.29, 0.717) is 10.9 Å². The molecule has 1 saturated carbocycles. The number of nitrogens with zero attached hydrogens (tertiary/aromatic N) is 3. The molecule has 1 amide bonds. The minimum absolute atomic E-state index is 0.0643. The van der Waals surface area contributed by atoms with Crippen LogP contribution in [0.5, 0.6) is 0 Å². The van der Waals surface area contributed by atoms with E-state index in [2.05, 4.69) is 20.3 Å². The lowest BCUT2D eigenvalue weighted by Gasteiger charge is -2.28. The second-order valence-electron chi connectivity index (χ2n) is 5.77. The predicted octanol–water partition coefficient (Wildman–Crippen LogP) is 3.01. The lowest BCUT2D eigenvalue weighted by molar-refractivity contribution is 0.0922. The third-order valence-corrected chi connectivity index (χ3v) is 5.27. The van der Waals surface area contributed by atoms with Crippen molar-refractivity contribution in [2.75, 3.05) is 0 Å². The summed E-state index contributed by atoms with van der Waals surface area (Å²) in [4.78, 5) is 25.0. The molecule has 120 valence electrons. The maximum absolute atomic E-state index is 12.3. The van der Waals surface area contributed by atoms with Crippen molar-refractivity contribution in [2.45, 2.75) is 49.1 Å². The smallest absolute Gasteiger partial charge is 0.270 e. The highest BCUT2D eigenvalue weighted by Gasteiger charge is 2.24. The third-order valence-electron chi connectivity index (χ3n) is 4.05. The van der Waals surface area contributed by atoms with Crippen LogP contribution in [0.15, 0.2) is 41.9 Å². The highest BCUT2D eigenvalue weighted by atomic mass is 32.2. The molecule has 6 heteroatoms. The van der Waals surface area contributed by atoms with Gasteiger partial charge in [0, 0.05) is 29.9 Å². The van der Waals surface area contributed by atoms with Crippen LogP contribution in [0.25, 0.3) is 0 Å². The molecule has 0 bridgehead atoms. The zero-order valence-corrected chi connectivity index (χ0v) is 13.9. The van der Waals surface area contributed by atoms with Gasteiger partial charge in [-0.05, 0) is 50.3 Å². The Kier molecular flexibility index (Phi) is 5.23. The van der Waals surface area contributed by atoms with Gasteiger partial charge in [0.15, 0.2) is 5.16 Å². The van der Waals surface area contributed by atoms with Crippen LogP contribution >= 0.6 is 11.8 Å². The number of carbonyl (C=O) groups excluding carboxylic acids is 1. The Morgan fingerprint density at radius 1 is 1.09 bits per heavy atom. The summed E-state index contributed by atoms with van der Waals surface area (Å²) in [5.74, 6) is -0.0643. The zero-order valence-electron chi connectivity index (χ0n) is 13.1. The molecule has 0 aliphatic heterocycles. The molecule has 0 radical (unpaired) electrons. The van der Waals surface area contributed by atoms with Crippen molar-refractivity contribution in [1.82, 2.24) is 20.3 Å². The summed E-state index contributed by atoms with van der Waals surface area (Å²) in [5.41, 5.74) is 1.44. The molecule has 1 aliphatic rings. The maximum atomic E-state index is 12.3. The lowest BCUT2D eigenvalue weighted by atomic mass is 9.95. The number of rotatable bonds is 4. The van der Waals surface area contributed by atoms with E-state index in [1.54, 1.807) is 30.4 Å². The number of amides is 1. The largest absolute Gasteiger partial charge is 0.348 e. The van der Waals surface area contributed by atoms with Crippen LogP contribution in [0.4, 0.5) is 0 Å². The third kappa shape index (κ3) is 4.28. The monoisotopic (exact) mass is 328 g/mol. The quantitative estimate of drug-likeness (QED) is 0.874. The number of thioether (sulfide) groups is 1. The van der Waals surface area contributed by atoms with Gasteiger partial charge in [-0.15, -0.1) is 0 Å². The fourth-order valence-electron chi connectivity index (χ4n) is 2.80. The first-order valence-corrected chi connectivity index (χ1v) is 8.76. The van der Waals surface area contributed by atoms with Crippen LogP contribution in [0, 0.1) is 6.92 Å². The normalized spacial score (nSPS) is 20.9. The van der Waals surface area contributed by atoms with Gasteiger partial charge in [-0.1, -0.05) is 17.8 Å². The van der Waals surface area contributed by atoms with Gasteiger partial charge >= 0.3 is 0 Å². The van der Waals surface area contributed by atoms with Gasteiger partial charge in [0.1, 0.15) is 5.69 Å². The van der Waals surface area contributed by atoms with Crippen molar-refractivity contribution < 1.29 is 4.79 Å². The topological polar surface area (TPSA) is 67.8 Å². The van der Waals surface area contributed by atoms with E-state index < -0.39 is 0 Å². The van der Waals surface area contributed by atoms with Gasteiger partial charge < -0.3 is 5.32 Å². The standard InChI is InChI=1S/C17H20N4OS/c1-12-4-2-9-18-15(12)16(22)21-13-5-7-14(8-6-13)23-17-19-10-3-11-20-17/h2-4,9-11,13-14H,5-8H2,1H3,(H,21,22). The lowest BCUT2D eigenvalue weighted by Crippen LogP contribution is -2.38. The molecule has 1 fully saturated rings. The first-order valence-electron chi connectivity index (χ1n) is 7.88. The molecule has 1 aliphatic carbocycles. The van der Waals surface area contributed by atoms with E-state index in [1.165, 1.54) is 0 Å². The fourth-order valence-corrected chi connectivity index (χ4v) is 3.85. The molecule has 1 N–H and O–H groups in total. The van der Waals surface area contributed by atoms with Gasteiger partial charge in [0.2, 0.25) is 0 Å². The molecule has 2 heterocycles. The molecule has 0 atom stereocenters. The van der Waals surface area contributed by atoms with Crippen molar-refractivity contribution >= 4 is 17.7 Å². The number of aryl methyl sites for hydroxylation is 1. The molecule has 5 nitrogen and oxygen atoms in total. The molecule has 0 aromatic carbocycles. The number of nitrogens with one attached hydrogen (secondary N) is 1. The van der Waals surface area contributed by atoms with Crippen molar-refractivity contribution in [3.8, 4) is 0 Å². The predicted molar refractivity (Wildman–Crippen MR) is 90.4 cm³/mol. The minimum atomic E-state index is -0.0643. The summed E-state index contributed by atoms with van der Waals surface area (Å²) in [6.45, 7) is 1.91. The SMILES string of the molecule is Cc1cccnc1C(=O)NC1CCC(Sc2ncccn2)CC1. The van der Waals surface area contributed by atoms with Crippen LogP contribution in [0.1, 0.15) is 41.7 Å². The van der Waals surface area contributed by atoms with Gasteiger partial charge in [0.05, 0.1) is 0 Å². The Morgan fingerprint density at radius 2 is 1.78 bits per heavy atom. The number of aromatic nitrogens is 3. The second kappa shape index (κ2) is 7.55. The first-order chi connectivity index (χ1) is 11.2. The number of hydrogen-bond acceptors (Lipinski definition) is 5. The van der Waals surface area contributed by atoms with Gasteiger partial charge in [-0.2, -0.15) is 0 Å². The van der Waals surface area contributed by atoms with E-state index in [1.807, 2.05) is 25.1 Å². The van der Waals surface area contributed by atoms with E-state index in [4.69, 9.17) is 0 Å². The van der Waals surface area contributed by atoms with E-state index in [9.17, 15) is 4.79 Å². The number of pyridine rings is 1. The molecule has 0 unspecified atom stereocenters. The number of carbonyl (C=O) groups is 1. The van der Waals surface area contributed by atoms with Crippen molar-refractivity contribution in [3.05, 3.63) is 48.0 Å². The molecule has 2 aromatic heterocycles. The van der Waals surface area contributed by atoms with E-state index in [-0.39, 0.29) is 11.9 Å². The Labute approximate surface area is 140 Å². The average molecular weight is 328 g/mol. The Balaban J connectivity index is 1.49. The highest BCUT2D eigenvalue weighted by Crippen LogP contribution is 2.31. The van der Waals surface area contributed by atoms with Crippen LogP contribution in [0.3, 0.4) is 0 Å². The first kappa shape index (κ1) is 15.9. The Hall–Kier alpha value is -1.95. The van der Waals surface area contributed by atoms with Gasteiger partial charge in [-0.3, -0.25) is 9.78 Å². The molecular formula is C17H20N4OS. The average Bonchev–Trinajstić information content (AvgIpc) is 2.58. The van der Waals surface area contributed by atoms with Gasteiger partial charge in [0.25, 0.3) is 5.91 Å². The van der Waals surface area contributed by atoms with Crippen LogP contribution in [-0.2, 0) is 0 Å². The summed E-state index contributed by atoms with van der Waals surface area (Å²) in [7, 11) is 0. The number of hydrogen-bond donors (Lipinski definition) is 1. The van der Waals surface area contributed by atoms with Crippen LogP contribution in [0.2, 0.25) is 0 Å². The molecule has 23 heavy (non-hydrogen) atoms. The minimum Gasteiger partial charge on any atom is -0.348 e. The molecule has 3 rings (SSSR count). The second-order valence-corrected chi connectivity index (χ2v) is 7.03. The Morgan fingerprint density at radius 3 is 2.48 bits per heavy atom. The Bertz CT molecular complexity index is 657. The summed E-state index contributed by atoms with van der Waals surface area (Å²) in [6, 6.07) is 5.82. The zero-order chi connectivity index (χ0) is 16.1. The van der Waals surface area contributed by atoms with Crippen molar-refractivity contribution in [1.29, 1.82) is 0 Å². The van der Waals surface area contributed by atoms with E-state index in [0.717, 1.165) is 36.4 Å². The molecule has 2 aromatic rings. The fraction of sp³-hybridized carbons (Fsp3) is 0.412. The maximum Gasteiger partial charge on any atom is 0.270 e. The van der Waals surface area contributed by atoms with Crippen LogP contribution < -0.4 is 5.32 Å². The molecular weight excluding hydrogens is 308 g/mol. The highest BCUT2D eigenvalue weighted by molar-refractivity contribution is 7.99. The van der Waals surface area contributed by atoms with Crippen LogP contribution in [-0.4, -0.2) is 32.2 Å². The van der Waals surface area contributed by atoms with E-state index >= 15 is 0 Å². The molecule has 0 spiro atoms. The van der Waals surface area contributed by atoms with Crippen molar-refractivity contribution in [3.63, 3.8) is 0 Å². The summed E-state index contributed by atoms with van der Waals surface area (Å²) in [6.07, 6.45) is 9.32.